The molecule has 0 aromatic heterocycles. The first-order chi connectivity index (χ1) is 10.4. The zero-order chi connectivity index (χ0) is 15.8. The van der Waals surface area contributed by atoms with Gasteiger partial charge < -0.3 is 14.8 Å². The van der Waals surface area contributed by atoms with Crippen LogP contribution in [0.3, 0.4) is 0 Å². The van der Waals surface area contributed by atoms with E-state index in [4.69, 9.17) is 9.47 Å². The topological polar surface area (TPSA) is 47.6 Å². The van der Waals surface area contributed by atoms with Gasteiger partial charge in [-0.05, 0) is 43.9 Å². The maximum Gasteiger partial charge on any atom is 0.228 e. The highest BCUT2D eigenvalue weighted by Crippen LogP contribution is 2.41. The summed E-state index contributed by atoms with van der Waals surface area (Å²) >= 11 is 0. The summed E-state index contributed by atoms with van der Waals surface area (Å²) in [7, 11) is 1.66. The Morgan fingerprint density at radius 1 is 1.36 bits per heavy atom. The maximum atomic E-state index is 12.4. The second kappa shape index (κ2) is 5.58. The molecule has 1 N–H and O–H groups in total. The molecule has 0 saturated heterocycles. The molecule has 0 atom stereocenters. The van der Waals surface area contributed by atoms with E-state index in [0.29, 0.717) is 13.2 Å². The number of nitrogens with one attached hydrogen (secondary N) is 1. The number of hydrogen-bond acceptors (Lipinski definition) is 3. The average Bonchev–Trinajstić information content (AvgIpc) is 2.73. The number of methoxy groups -OCH3 is 1. The van der Waals surface area contributed by atoms with Crippen LogP contribution in [-0.4, -0.2) is 25.2 Å². The van der Waals surface area contributed by atoms with Gasteiger partial charge in [0.05, 0.1) is 12.0 Å². The molecule has 1 heterocycles. The predicted octanol–water partition coefficient (Wildman–Crippen LogP) is 2.83. The molecule has 4 heteroatoms. The fourth-order valence-corrected chi connectivity index (χ4v) is 3.46. The fraction of sp³-hybridized carbons (Fsp3) is 0.611. The van der Waals surface area contributed by atoms with Gasteiger partial charge in [0, 0.05) is 20.1 Å². The predicted molar refractivity (Wildman–Crippen MR) is 84.9 cm³/mol. The molecule has 1 saturated carbocycles. The molecule has 4 nitrogen and oxygen atoms in total. The summed E-state index contributed by atoms with van der Waals surface area (Å²) in [4.78, 5) is 12.4. The summed E-state index contributed by atoms with van der Waals surface area (Å²) in [6.07, 6.45) is 3.89. The lowest BCUT2D eigenvalue weighted by atomic mass is 9.68. The maximum absolute atomic E-state index is 12.4. The molecular weight excluding hydrogens is 278 g/mol. The van der Waals surface area contributed by atoms with Crippen LogP contribution >= 0.6 is 0 Å². The average molecular weight is 303 g/mol. The monoisotopic (exact) mass is 303 g/mol. The van der Waals surface area contributed by atoms with E-state index >= 15 is 0 Å². The van der Waals surface area contributed by atoms with Crippen molar-refractivity contribution in [3.63, 3.8) is 0 Å². The minimum atomic E-state index is -0.295. The fourth-order valence-electron chi connectivity index (χ4n) is 3.46. The van der Waals surface area contributed by atoms with E-state index in [1.165, 1.54) is 5.56 Å². The summed E-state index contributed by atoms with van der Waals surface area (Å²) < 4.78 is 11.1. The Morgan fingerprint density at radius 3 is 2.77 bits per heavy atom. The lowest BCUT2D eigenvalue weighted by molar-refractivity contribution is -0.140. The van der Waals surface area contributed by atoms with Gasteiger partial charge in [0.25, 0.3) is 0 Å². The van der Waals surface area contributed by atoms with Crippen molar-refractivity contribution >= 4 is 5.91 Å². The Kier molecular flexibility index (Phi) is 3.89. The van der Waals surface area contributed by atoms with Crippen LogP contribution in [0, 0.1) is 5.41 Å². The summed E-state index contributed by atoms with van der Waals surface area (Å²) in [5.74, 6) is 1.09. The van der Waals surface area contributed by atoms with Crippen LogP contribution in [0.4, 0.5) is 0 Å². The van der Waals surface area contributed by atoms with Crippen molar-refractivity contribution < 1.29 is 14.3 Å². The Hall–Kier alpha value is -1.55. The van der Waals surface area contributed by atoms with E-state index < -0.39 is 0 Å². The van der Waals surface area contributed by atoms with Gasteiger partial charge in [-0.15, -0.1) is 0 Å². The highest BCUT2D eigenvalue weighted by molar-refractivity contribution is 5.83. The molecule has 120 valence electrons. The molecular formula is C18H25NO3. The number of benzene rings is 1. The van der Waals surface area contributed by atoms with Crippen molar-refractivity contribution in [3.8, 4) is 5.75 Å². The van der Waals surface area contributed by atoms with Crippen LogP contribution < -0.4 is 10.1 Å². The first-order valence-corrected chi connectivity index (χ1v) is 8.02. The van der Waals surface area contributed by atoms with Crippen LogP contribution in [0.2, 0.25) is 0 Å². The second-order valence-electron chi connectivity index (χ2n) is 7.23. The van der Waals surface area contributed by atoms with Crippen molar-refractivity contribution in [1.29, 1.82) is 0 Å². The van der Waals surface area contributed by atoms with Crippen molar-refractivity contribution in [2.75, 3.05) is 13.7 Å². The van der Waals surface area contributed by atoms with Crippen molar-refractivity contribution in [3.05, 3.63) is 29.3 Å². The molecule has 1 fully saturated rings. The standard InChI is InChI=1S/C18H25NO3/c1-17(2)10-14-9-13(5-6-15(14)22-17)11-19-16(20)18(12-21-3)7-4-8-18/h5-6,9H,4,7-8,10-12H2,1-3H3,(H,19,20). The third-order valence-electron chi connectivity index (χ3n) is 4.79. The largest absolute Gasteiger partial charge is 0.487 e. The molecule has 22 heavy (non-hydrogen) atoms. The first kappa shape index (κ1) is 15.3. The molecule has 1 amide bonds. The highest BCUT2D eigenvalue weighted by atomic mass is 16.5. The van der Waals surface area contributed by atoms with Crippen LogP contribution in [0.15, 0.2) is 18.2 Å². The van der Waals surface area contributed by atoms with Gasteiger partial charge in [0.2, 0.25) is 5.91 Å². The van der Waals surface area contributed by atoms with Crippen LogP contribution in [0.1, 0.15) is 44.2 Å². The number of ether oxygens (including phenoxy) is 2. The lowest BCUT2D eigenvalue weighted by Gasteiger charge is -2.39. The summed E-state index contributed by atoms with van der Waals surface area (Å²) in [5.41, 5.74) is 1.93. The number of carbonyl (C=O) groups excluding carboxylic acids is 1. The van der Waals surface area contributed by atoms with Gasteiger partial charge >= 0.3 is 0 Å². The molecule has 0 radical (unpaired) electrons. The van der Waals surface area contributed by atoms with E-state index in [1.807, 2.05) is 12.1 Å². The van der Waals surface area contributed by atoms with E-state index in [0.717, 1.165) is 37.0 Å². The Morgan fingerprint density at radius 2 is 2.14 bits per heavy atom. The minimum absolute atomic E-state index is 0.123. The van der Waals surface area contributed by atoms with E-state index in [2.05, 4.69) is 25.2 Å². The number of rotatable bonds is 5. The minimum Gasteiger partial charge on any atom is -0.487 e. The molecule has 1 aromatic rings. The number of carbonyl (C=O) groups is 1. The van der Waals surface area contributed by atoms with Gasteiger partial charge in [-0.1, -0.05) is 18.6 Å². The molecule has 0 bridgehead atoms. The zero-order valence-corrected chi connectivity index (χ0v) is 13.7. The summed E-state index contributed by atoms with van der Waals surface area (Å²) in [5, 5.41) is 3.08. The first-order valence-electron chi connectivity index (χ1n) is 8.02. The van der Waals surface area contributed by atoms with Crippen molar-refractivity contribution in [2.24, 2.45) is 5.41 Å². The Bertz CT molecular complexity index is 576. The molecule has 1 aromatic carbocycles. The molecule has 1 aliphatic carbocycles. The quantitative estimate of drug-likeness (QED) is 0.910. The Balaban J connectivity index is 1.62. The molecule has 0 unspecified atom stereocenters. The van der Waals surface area contributed by atoms with Gasteiger partial charge in [-0.2, -0.15) is 0 Å². The Labute approximate surface area is 132 Å². The number of hydrogen-bond donors (Lipinski definition) is 1. The van der Waals surface area contributed by atoms with Gasteiger partial charge in [0.15, 0.2) is 0 Å². The highest BCUT2D eigenvalue weighted by Gasteiger charge is 2.44. The number of amides is 1. The summed E-state index contributed by atoms with van der Waals surface area (Å²) in [6.45, 7) is 5.28. The van der Waals surface area contributed by atoms with Gasteiger partial charge in [-0.25, -0.2) is 0 Å². The van der Waals surface area contributed by atoms with Gasteiger partial charge in [-0.3, -0.25) is 4.79 Å². The molecule has 3 rings (SSSR count). The SMILES string of the molecule is COCC1(C(=O)NCc2ccc3c(c2)CC(C)(C)O3)CCC1. The van der Waals surface area contributed by atoms with E-state index in [9.17, 15) is 4.79 Å². The van der Waals surface area contributed by atoms with Gasteiger partial charge in [0.1, 0.15) is 11.4 Å². The van der Waals surface area contributed by atoms with E-state index in [1.54, 1.807) is 7.11 Å². The van der Waals surface area contributed by atoms with Crippen molar-refractivity contribution in [2.45, 2.75) is 51.7 Å². The third kappa shape index (κ3) is 2.84. The van der Waals surface area contributed by atoms with Crippen LogP contribution in [0.5, 0.6) is 5.75 Å². The van der Waals surface area contributed by atoms with Crippen LogP contribution in [-0.2, 0) is 22.5 Å². The third-order valence-corrected chi connectivity index (χ3v) is 4.79. The second-order valence-corrected chi connectivity index (χ2v) is 7.23. The smallest absolute Gasteiger partial charge is 0.228 e. The lowest BCUT2D eigenvalue weighted by Crippen LogP contribution is -2.48. The number of fused-ring (bicyclic) bond motifs is 1. The molecule has 1 aliphatic heterocycles. The molecule has 2 aliphatic rings. The van der Waals surface area contributed by atoms with Crippen molar-refractivity contribution in [1.82, 2.24) is 5.32 Å². The normalized spacial score (nSPS) is 20.7. The zero-order valence-electron chi connectivity index (χ0n) is 13.7. The molecule has 0 spiro atoms. The van der Waals surface area contributed by atoms with Crippen LogP contribution in [0.25, 0.3) is 0 Å². The summed E-state index contributed by atoms with van der Waals surface area (Å²) in [6, 6.07) is 6.19. The van der Waals surface area contributed by atoms with E-state index in [-0.39, 0.29) is 16.9 Å².